The van der Waals surface area contributed by atoms with Crippen LogP contribution in [0.5, 0.6) is 0 Å². The molecule has 1 amide bonds. The molecule has 7 heteroatoms. The van der Waals surface area contributed by atoms with Crippen LogP contribution in [0.15, 0.2) is 29.2 Å². The second-order valence-corrected chi connectivity index (χ2v) is 7.58. The maximum atomic E-state index is 12.3. The normalized spacial score (nSPS) is 17.6. The van der Waals surface area contributed by atoms with E-state index in [1.807, 2.05) is 6.92 Å². The molecule has 1 aliphatic rings. The monoisotopic (exact) mass is 332 g/mol. The Kier molecular flexibility index (Phi) is 5.78. The van der Waals surface area contributed by atoms with Crippen LogP contribution in [0, 0.1) is 0 Å². The van der Waals surface area contributed by atoms with E-state index in [4.69, 9.17) is 0 Å². The second-order valence-electron chi connectivity index (χ2n) is 5.56. The highest BCUT2D eigenvalue weighted by Crippen LogP contribution is 2.19. The molecule has 0 radical (unpaired) electrons. The summed E-state index contributed by atoms with van der Waals surface area (Å²) in [5.41, 5.74) is 0.149. The topological polar surface area (TPSA) is 75.3 Å². The Morgan fingerprint density at radius 1 is 1.29 bits per heavy atom. The van der Waals surface area contributed by atoms with Crippen LogP contribution in [0.25, 0.3) is 0 Å². The number of halogens is 1. The zero-order chi connectivity index (χ0) is 14.8. The fraction of sp³-hybridized carbons (Fsp3) is 0.500. The molecular weight excluding hydrogens is 312 g/mol. The summed E-state index contributed by atoms with van der Waals surface area (Å²) in [6, 6.07) is 6.15. The van der Waals surface area contributed by atoms with Crippen molar-refractivity contribution in [3.63, 3.8) is 0 Å². The Morgan fingerprint density at radius 3 is 2.48 bits per heavy atom. The molecule has 0 aliphatic carbocycles. The molecule has 0 atom stereocenters. The maximum Gasteiger partial charge on any atom is 0.251 e. The lowest BCUT2D eigenvalue weighted by atomic mass is 9.90. The molecule has 1 aromatic carbocycles. The molecule has 1 saturated heterocycles. The van der Waals surface area contributed by atoms with E-state index in [1.54, 1.807) is 12.1 Å². The van der Waals surface area contributed by atoms with Crippen LogP contribution in [-0.2, 0) is 9.84 Å². The van der Waals surface area contributed by atoms with E-state index in [0.717, 1.165) is 32.2 Å². The molecule has 1 aromatic rings. The van der Waals surface area contributed by atoms with Gasteiger partial charge in [-0.15, -0.1) is 12.4 Å². The number of carbonyl (C=O) groups is 1. The van der Waals surface area contributed by atoms with E-state index in [9.17, 15) is 13.2 Å². The Bertz CT molecular complexity index is 610. The van der Waals surface area contributed by atoms with Gasteiger partial charge in [-0.1, -0.05) is 6.07 Å². The summed E-state index contributed by atoms with van der Waals surface area (Å²) in [7, 11) is -3.30. The molecule has 1 aliphatic heterocycles. The fourth-order valence-electron chi connectivity index (χ4n) is 2.32. The van der Waals surface area contributed by atoms with Crippen LogP contribution in [0.2, 0.25) is 0 Å². The third-order valence-electron chi connectivity index (χ3n) is 3.65. The van der Waals surface area contributed by atoms with Gasteiger partial charge in [-0.3, -0.25) is 4.79 Å². The van der Waals surface area contributed by atoms with E-state index < -0.39 is 9.84 Å². The molecule has 118 valence electrons. The Labute approximate surface area is 131 Å². The number of rotatable bonds is 3. The van der Waals surface area contributed by atoms with Gasteiger partial charge < -0.3 is 10.6 Å². The van der Waals surface area contributed by atoms with Gasteiger partial charge >= 0.3 is 0 Å². The third kappa shape index (κ3) is 4.69. The van der Waals surface area contributed by atoms with E-state index in [0.29, 0.717) is 5.56 Å². The van der Waals surface area contributed by atoms with Gasteiger partial charge in [-0.05, 0) is 51.1 Å². The molecule has 0 saturated carbocycles. The molecule has 0 bridgehead atoms. The smallest absolute Gasteiger partial charge is 0.251 e. The lowest BCUT2D eigenvalue weighted by Crippen LogP contribution is -2.52. The number of hydrogen-bond donors (Lipinski definition) is 2. The van der Waals surface area contributed by atoms with Crippen LogP contribution in [0.1, 0.15) is 30.1 Å². The average molecular weight is 333 g/mol. The predicted molar refractivity (Wildman–Crippen MR) is 84.8 cm³/mol. The zero-order valence-corrected chi connectivity index (χ0v) is 13.8. The minimum absolute atomic E-state index is 0. The summed E-state index contributed by atoms with van der Waals surface area (Å²) in [5.74, 6) is -0.222. The summed E-state index contributed by atoms with van der Waals surface area (Å²) in [4.78, 5) is 12.4. The van der Waals surface area contributed by atoms with Crippen LogP contribution < -0.4 is 10.6 Å². The van der Waals surface area contributed by atoms with Crippen molar-refractivity contribution >= 4 is 28.2 Å². The lowest BCUT2D eigenvalue weighted by Gasteiger charge is -2.35. The highest BCUT2D eigenvalue weighted by molar-refractivity contribution is 7.90. The van der Waals surface area contributed by atoms with Gasteiger partial charge in [0.1, 0.15) is 0 Å². The molecule has 5 nitrogen and oxygen atoms in total. The van der Waals surface area contributed by atoms with E-state index in [1.165, 1.54) is 12.1 Å². The molecule has 1 fully saturated rings. The quantitative estimate of drug-likeness (QED) is 0.877. The fourth-order valence-corrected chi connectivity index (χ4v) is 2.98. The first-order chi connectivity index (χ1) is 9.30. The number of amides is 1. The van der Waals surface area contributed by atoms with Gasteiger partial charge in [0.25, 0.3) is 5.91 Å². The zero-order valence-electron chi connectivity index (χ0n) is 12.2. The standard InChI is InChI=1S/C14H20N2O3S.ClH/c1-14(6-8-15-9-7-14)16-13(17)11-4-3-5-12(10-11)20(2,18)19;/h3-5,10,15H,6-9H2,1-2H3,(H,16,17);1H. The Hall–Kier alpha value is -1.11. The minimum atomic E-state index is -3.30. The van der Waals surface area contributed by atoms with Crippen LogP contribution in [0.3, 0.4) is 0 Å². The summed E-state index contributed by atoms with van der Waals surface area (Å²) >= 11 is 0. The Morgan fingerprint density at radius 2 is 1.90 bits per heavy atom. The van der Waals surface area contributed by atoms with Crippen LogP contribution in [-0.4, -0.2) is 39.2 Å². The largest absolute Gasteiger partial charge is 0.347 e. The molecule has 0 unspecified atom stereocenters. The third-order valence-corrected chi connectivity index (χ3v) is 4.76. The first kappa shape index (κ1) is 17.9. The number of piperidine rings is 1. The van der Waals surface area contributed by atoms with Crippen molar-refractivity contribution in [2.75, 3.05) is 19.3 Å². The van der Waals surface area contributed by atoms with Crippen molar-refractivity contribution in [1.29, 1.82) is 0 Å². The number of carbonyl (C=O) groups excluding carboxylic acids is 1. The van der Waals surface area contributed by atoms with Gasteiger partial charge in [-0.25, -0.2) is 8.42 Å². The van der Waals surface area contributed by atoms with Crippen molar-refractivity contribution in [2.45, 2.75) is 30.2 Å². The highest BCUT2D eigenvalue weighted by atomic mass is 35.5. The van der Waals surface area contributed by atoms with E-state index in [-0.39, 0.29) is 28.7 Å². The molecule has 1 heterocycles. The summed E-state index contributed by atoms with van der Waals surface area (Å²) in [6.07, 6.45) is 2.87. The van der Waals surface area contributed by atoms with Gasteiger partial charge in [0, 0.05) is 17.4 Å². The van der Waals surface area contributed by atoms with Crippen molar-refractivity contribution in [2.24, 2.45) is 0 Å². The minimum Gasteiger partial charge on any atom is -0.347 e. The van der Waals surface area contributed by atoms with Gasteiger partial charge in [-0.2, -0.15) is 0 Å². The lowest BCUT2D eigenvalue weighted by molar-refractivity contribution is 0.0887. The summed E-state index contributed by atoms with van der Waals surface area (Å²) in [5, 5.41) is 6.27. The van der Waals surface area contributed by atoms with Crippen molar-refractivity contribution in [1.82, 2.24) is 10.6 Å². The molecule has 21 heavy (non-hydrogen) atoms. The SMILES string of the molecule is CC1(NC(=O)c2cccc(S(C)(=O)=O)c2)CCNCC1.Cl. The molecule has 0 aromatic heterocycles. The number of benzene rings is 1. The maximum absolute atomic E-state index is 12.3. The second kappa shape index (κ2) is 6.77. The number of hydrogen-bond acceptors (Lipinski definition) is 4. The molecule has 2 N–H and O–H groups in total. The van der Waals surface area contributed by atoms with E-state index in [2.05, 4.69) is 10.6 Å². The Balaban J connectivity index is 0.00000220. The summed E-state index contributed by atoms with van der Waals surface area (Å²) in [6.45, 7) is 3.77. The molecule has 0 spiro atoms. The first-order valence-electron chi connectivity index (χ1n) is 6.64. The van der Waals surface area contributed by atoms with Crippen molar-refractivity contribution in [3.05, 3.63) is 29.8 Å². The number of sulfone groups is 1. The van der Waals surface area contributed by atoms with Crippen molar-refractivity contribution < 1.29 is 13.2 Å². The van der Waals surface area contributed by atoms with Crippen molar-refractivity contribution in [3.8, 4) is 0 Å². The van der Waals surface area contributed by atoms with E-state index >= 15 is 0 Å². The number of nitrogens with one attached hydrogen (secondary N) is 2. The molecule has 2 rings (SSSR count). The predicted octanol–water partition coefficient (Wildman–Crippen LogP) is 1.38. The highest BCUT2D eigenvalue weighted by Gasteiger charge is 2.28. The van der Waals surface area contributed by atoms with Gasteiger partial charge in [0.05, 0.1) is 4.90 Å². The average Bonchev–Trinajstić information content (AvgIpc) is 2.38. The van der Waals surface area contributed by atoms with Gasteiger partial charge in [0.2, 0.25) is 0 Å². The first-order valence-corrected chi connectivity index (χ1v) is 8.53. The van der Waals surface area contributed by atoms with Crippen LogP contribution in [0.4, 0.5) is 0 Å². The van der Waals surface area contributed by atoms with Crippen LogP contribution >= 0.6 is 12.4 Å². The van der Waals surface area contributed by atoms with Gasteiger partial charge in [0.15, 0.2) is 9.84 Å². The summed E-state index contributed by atoms with van der Waals surface area (Å²) < 4.78 is 23.0. The molecular formula is C14H21ClN2O3S.